The first kappa shape index (κ1) is 18.3. The van der Waals surface area contributed by atoms with Crippen LogP contribution >= 0.6 is 11.6 Å². The maximum absolute atomic E-state index is 11.9. The predicted octanol–water partition coefficient (Wildman–Crippen LogP) is 4.38. The fourth-order valence-electron chi connectivity index (χ4n) is 2.26. The third-order valence-corrected chi connectivity index (χ3v) is 3.94. The molecule has 0 aromatic heterocycles. The van der Waals surface area contributed by atoms with Gasteiger partial charge in [-0.1, -0.05) is 56.6 Å². The average Bonchev–Trinajstić information content (AvgIpc) is 2.53. The summed E-state index contributed by atoms with van der Waals surface area (Å²) in [4.78, 5) is 11.9. The van der Waals surface area contributed by atoms with Crippen molar-refractivity contribution in [3.05, 3.63) is 64.7 Å². The van der Waals surface area contributed by atoms with Crippen LogP contribution in [-0.4, -0.2) is 19.1 Å². The van der Waals surface area contributed by atoms with Gasteiger partial charge in [-0.05, 0) is 40.8 Å². The number of benzene rings is 2. The van der Waals surface area contributed by atoms with Crippen molar-refractivity contribution < 1.29 is 9.53 Å². The molecular formula is C20H24ClNO2. The summed E-state index contributed by atoms with van der Waals surface area (Å²) in [5.41, 5.74) is 2.34. The van der Waals surface area contributed by atoms with Gasteiger partial charge < -0.3 is 10.1 Å². The lowest BCUT2D eigenvalue weighted by molar-refractivity contribution is -0.120. The number of ether oxygens (including phenoxy) is 1. The molecule has 0 fully saturated rings. The lowest BCUT2D eigenvalue weighted by atomic mass is 9.87. The summed E-state index contributed by atoms with van der Waals surface area (Å²) in [6, 6.07) is 15.4. The van der Waals surface area contributed by atoms with Crippen LogP contribution in [0.5, 0.6) is 5.75 Å². The normalized spacial score (nSPS) is 11.2. The van der Waals surface area contributed by atoms with Gasteiger partial charge in [-0.25, -0.2) is 0 Å². The Morgan fingerprint density at radius 3 is 2.25 bits per heavy atom. The Morgan fingerprint density at radius 2 is 1.67 bits per heavy atom. The zero-order valence-electron chi connectivity index (χ0n) is 14.4. The van der Waals surface area contributed by atoms with E-state index in [1.54, 1.807) is 12.1 Å². The van der Waals surface area contributed by atoms with Gasteiger partial charge in [-0.15, -0.1) is 0 Å². The highest BCUT2D eigenvalue weighted by molar-refractivity contribution is 6.30. The SMILES string of the molecule is CC(C)(C)c1ccc(OCCNC(=O)Cc2ccc(Cl)cc2)cc1. The van der Waals surface area contributed by atoms with Crippen LogP contribution in [0.1, 0.15) is 31.9 Å². The van der Waals surface area contributed by atoms with Crippen molar-refractivity contribution in [2.45, 2.75) is 32.6 Å². The van der Waals surface area contributed by atoms with Gasteiger partial charge in [0.15, 0.2) is 0 Å². The number of hydrogen-bond donors (Lipinski definition) is 1. The first-order chi connectivity index (χ1) is 11.3. The molecule has 0 aliphatic carbocycles. The van der Waals surface area contributed by atoms with Crippen molar-refractivity contribution >= 4 is 17.5 Å². The third-order valence-electron chi connectivity index (χ3n) is 3.69. The number of carbonyl (C=O) groups excluding carboxylic acids is 1. The Kier molecular flexibility index (Phi) is 6.27. The van der Waals surface area contributed by atoms with Gasteiger partial charge in [0.2, 0.25) is 5.91 Å². The molecular weight excluding hydrogens is 322 g/mol. The van der Waals surface area contributed by atoms with Crippen LogP contribution in [0.3, 0.4) is 0 Å². The molecule has 0 spiro atoms. The van der Waals surface area contributed by atoms with Crippen molar-refractivity contribution in [2.75, 3.05) is 13.2 Å². The van der Waals surface area contributed by atoms with Gasteiger partial charge in [-0.3, -0.25) is 4.79 Å². The molecule has 0 atom stereocenters. The summed E-state index contributed by atoms with van der Waals surface area (Å²) in [5, 5.41) is 3.53. The maximum Gasteiger partial charge on any atom is 0.224 e. The quantitative estimate of drug-likeness (QED) is 0.789. The molecule has 0 radical (unpaired) electrons. The molecule has 1 amide bonds. The monoisotopic (exact) mass is 345 g/mol. The molecule has 0 heterocycles. The molecule has 3 nitrogen and oxygen atoms in total. The van der Waals surface area contributed by atoms with Gasteiger partial charge >= 0.3 is 0 Å². The topological polar surface area (TPSA) is 38.3 Å². The minimum Gasteiger partial charge on any atom is -0.492 e. The maximum atomic E-state index is 11.9. The minimum atomic E-state index is -0.0241. The zero-order valence-corrected chi connectivity index (χ0v) is 15.2. The van der Waals surface area contributed by atoms with E-state index < -0.39 is 0 Å². The van der Waals surface area contributed by atoms with Gasteiger partial charge in [0.25, 0.3) is 0 Å². The molecule has 24 heavy (non-hydrogen) atoms. The van der Waals surface area contributed by atoms with Crippen molar-refractivity contribution in [2.24, 2.45) is 0 Å². The molecule has 2 aromatic carbocycles. The number of amides is 1. The third kappa shape index (κ3) is 5.89. The largest absolute Gasteiger partial charge is 0.492 e. The standard InChI is InChI=1S/C20H24ClNO2/c1-20(2,3)16-6-10-18(11-7-16)24-13-12-22-19(23)14-15-4-8-17(21)9-5-15/h4-11H,12-14H2,1-3H3,(H,22,23). The van der Waals surface area contributed by atoms with Crippen LogP contribution in [-0.2, 0) is 16.6 Å². The number of carbonyl (C=O) groups is 1. The second-order valence-electron chi connectivity index (χ2n) is 6.78. The second-order valence-corrected chi connectivity index (χ2v) is 7.21. The Bertz CT molecular complexity index is 658. The Morgan fingerprint density at radius 1 is 1.04 bits per heavy atom. The van der Waals surface area contributed by atoms with E-state index in [4.69, 9.17) is 16.3 Å². The predicted molar refractivity (Wildman–Crippen MR) is 98.8 cm³/mol. The molecule has 0 unspecified atom stereocenters. The van der Waals surface area contributed by atoms with E-state index >= 15 is 0 Å². The van der Waals surface area contributed by atoms with Crippen LogP contribution in [0.4, 0.5) is 0 Å². The summed E-state index contributed by atoms with van der Waals surface area (Å²) in [5.74, 6) is 0.791. The van der Waals surface area contributed by atoms with E-state index in [-0.39, 0.29) is 11.3 Å². The molecule has 0 bridgehead atoms. The molecule has 2 aromatic rings. The van der Waals surface area contributed by atoms with Crippen LogP contribution in [0.2, 0.25) is 5.02 Å². The van der Waals surface area contributed by atoms with E-state index in [1.807, 2.05) is 24.3 Å². The van der Waals surface area contributed by atoms with Gasteiger partial charge in [0.1, 0.15) is 12.4 Å². The number of halogens is 1. The lowest BCUT2D eigenvalue weighted by Gasteiger charge is -2.19. The summed E-state index contributed by atoms with van der Waals surface area (Å²) in [6.45, 7) is 7.46. The summed E-state index contributed by atoms with van der Waals surface area (Å²) < 4.78 is 5.66. The first-order valence-electron chi connectivity index (χ1n) is 8.09. The minimum absolute atomic E-state index is 0.0241. The van der Waals surface area contributed by atoms with Crippen LogP contribution in [0.25, 0.3) is 0 Å². The Balaban J connectivity index is 1.70. The highest BCUT2D eigenvalue weighted by Gasteiger charge is 2.12. The molecule has 0 saturated heterocycles. The Labute approximate surface area is 149 Å². The fourth-order valence-corrected chi connectivity index (χ4v) is 2.39. The fraction of sp³-hybridized carbons (Fsp3) is 0.350. The van der Waals surface area contributed by atoms with Crippen molar-refractivity contribution in [3.8, 4) is 5.75 Å². The van der Waals surface area contributed by atoms with Gasteiger partial charge in [-0.2, -0.15) is 0 Å². The Hall–Kier alpha value is -2.00. The number of hydrogen-bond acceptors (Lipinski definition) is 2. The van der Waals surface area contributed by atoms with Crippen molar-refractivity contribution in [3.63, 3.8) is 0 Å². The van der Waals surface area contributed by atoms with Gasteiger partial charge in [0.05, 0.1) is 13.0 Å². The molecule has 1 N–H and O–H groups in total. The molecule has 0 aliphatic heterocycles. The number of rotatable bonds is 6. The molecule has 2 rings (SSSR count). The van der Waals surface area contributed by atoms with E-state index in [9.17, 15) is 4.79 Å². The average molecular weight is 346 g/mol. The van der Waals surface area contributed by atoms with E-state index in [0.717, 1.165) is 11.3 Å². The van der Waals surface area contributed by atoms with E-state index in [0.29, 0.717) is 24.6 Å². The molecule has 0 saturated carbocycles. The van der Waals surface area contributed by atoms with E-state index in [2.05, 4.69) is 38.2 Å². The van der Waals surface area contributed by atoms with Crippen molar-refractivity contribution in [1.82, 2.24) is 5.32 Å². The summed E-state index contributed by atoms with van der Waals surface area (Å²) >= 11 is 5.83. The first-order valence-corrected chi connectivity index (χ1v) is 8.47. The summed E-state index contributed by atoms with van der Waals surface area (Å²) in [7, 11) is 0. The number of nitrogens with one attached hydrogen (secondary N) is 1. The smallest absolute Gasteiger partial charge is 0.224 e. The molecule has 4 heteroatoms. The van der Waals surface area contributed by atoms with Crippen LogP contribution < -0.4 is 10.1 Å². The van der Waals surface area contributed by atoms with Crippen LogP contribution in [0, 0.1) is 0 Å². The summed E-state index contributed by atoms with van der Waals surface area (Å²) in [6.07, 6.45) is 0.345. The molecule has 128 valence electrons. The van der Waals surface area contributed by atoms with Gasteiger partial charge in [0, 0.05) is 5.02 Å². The molecule has 0 aliphatic rings. The van der Waals surface area contributed by atoms with Crippen molar-refractivity contribution in [1.29, 1.82) is 0 Å². The lowest BCUT2D eigenvalue weighted by Crippen LogP contribution is -2.29. The highest BCUT2D eigenvalue weighted by Crippen LogP contribution is 2.24. The second kappa shape index (κ2) is 8.20. The van der Waals surface area contributed by atoms with E-state index in [1.165, 1.54) is 5.56 Å². The zero-order chi connectivity index (χ0) is 17.6. The highest BCUT2D eigenvalue weighted by atomic mass is 35.5. The van der Waals surface area contributed by atoms with Crippen LogP contribution in [0.15, 0.2) is 48.5 Å².